The van der Waals surface area contributed by atoms with Crippen molar-refractivity contribution in [3.63, 3.8) is 0 Å². The zero-order valence-corrected chi connectivity index (χ0v) is 23.8. The highest BCUT2D eigenvalue weighted by Crippen LogP contribution is 2.29. The topological polar surface area (TPSA) is 41.6 Å². The van der Waals surface area contributed by atoms with Crippen LogP contribution in [0.15, 0.2) is 48.5 Å². The minimum atomic E-state index is -0.265. The molecule has 0 aliphatic rings. The molecule has 35 heavy (non-hydrogen) atoms. The summed E-state index contributed by atoms with van der Waals surface area (Å²) in [6, 6.07) is 15.2. The van der Waals surface area contributed by atoms with E-state index in [-0.39, 0.29) is 11.5 Å². The number of benzene rings is 2. The van der Waals surface area contributed by atoms with Crippen LogP contribution in [0.3, 0.4) is 0 Å². The number of hydrogen-bond acceptors (Lipinski definition) is 3. The SMILES string of the molecule is CCOC(=O)N(C)CC/C(=C\CC(C)C)c1cc(C)ccc1NC.Cc1ccc(C(C)(C)C)cc1. The molecule has 0 aliphatic heterocycles. The van der Waals surface area contributed by atoms with Crippen molar-refractivity contribution in [2.75, 3.05) is 32.6 Å². The van der Waals surface area contributed by atoms with Crippen molar-refractivity contribution < 1.29 is 9.53 Å². The Morgan fingerprint density at radius 2 is 1.66 bits per heavy atom. The molecule has 0 bridgehead atoms. The fourth-order valence-corrected chi connectivity index (χ4v) is 3.53. The molecule has 0 unspecified atom stereocenters. The lowest BCUT2D eigenvalue weighted by Crippen LogP contribution is -2.28. The molecule has 0 spiro atoms. The van der Waals surface area contributed by atoms with Gasteiger partial charge in [-0.25, -0.2) is 4.79 Å². The summed E-state index contributed by atoms with van der Waals surface area (Å²) in [5.74, 6) is 0.602. The Balaban J connectivity index is 0.000000462. The third-order valence-corrected chi connectivity index (χ3v) is 5.84. The Labute approximate surface area is 214 Å². The zero-order valence-electron chi connectivity index (χ0n) is 23.8. The third kappa shape index (κ3) is 11.0. The summed E-state index contributed by atoms with van der Waals surface area (Å²) in [5.41, 5.74) is 7.87. The van der Waals surface area contributed by atoms with Gasteiger partial charge in [-0.05, 0) is 68.2 Å². The van der Waals surface area contributed by atoms with Crippen LogP contribution in [0.25, 0.3) is 5.57 Å². The number of allylic oxidation sites excluding steroid dienone is 1. The zero-order chi connectivity index (χ0) is 26.6. The maximum absolute atomic E-state index is 11.8. The lowest BCUT2D eigenvalue weighted by molar-refractivity contribution is 0.117. The number of amides is 1. The number of nitrogens with one attached hydrogen (secondary N) is 1. The normalized spacial score (nSPS) is 11.6. The van der Waals surface area contributed by atoms with Crippen molar-refractivity contribution in [1.29, 1.82) is 0 Å². The fourth-order valence-electron chi connectivity index (χ4n) is 3.53. The Hall–Kier alpha value is -2.75. The molecule has 194 valence electrons. The van der Waals surface area contributed by atoms with E-state index in [0.29, 0.717) is 19.1 Å². The van der Waals surface area contributed by atoms with Gasteiger partial charge in [-0.15, -0.1) is 0 Å². The van der Waals surface area contributed by atoms with Crippen LogP contribution in [0.2, 0.25) is 0 Å². The first-order chi connectivity index (χ1) is 16.4. The number of hydrogen-bond donors (Lipinski definition) is 1. The van der Waals surface area contributed by atoms with Gasteiger partial charge in [0, 0.05) is 31.9 Å². The van der Waals surface area contributed by atoms with Gasteiger partial charge in [-0.2, -0.15) is 0 Å². The maximum atomic E-state index is 11.8. The second-order valence-corrected chi connectivity index (χ2v) is 10.6. The van der Waals surface area contributed by atoms with Crippen LogP contribution in [-0.2, 0) is 10.2 Å². The second kappa shape index (κ2) is 14.6. The predicted octanol–water partition coefficient (Wildman–Crippen LogP) is 8.24. The van der Waals surface area contributed by atoms with Crippen molar-refractivity contribution in [1.82, 2.24) is 4.90 Å². The fraction of sp³-hybridized carbons (Fsp3) is 0.516. The number of aryl methyl sites for hydroxylation is 2. The molecule has 4 heteroatoms. The molecule has 1 amide bonds. The van der Waals surface area contributed by atoms with Crippen molar-refractivity contribution >= 4 is 17.4 Å². The summed E-state index contributed by atoms with van der Waals surface area (Å²) in [6.45, 7) is 18.2. The highest BCUT2D eigenvalue weighted by Gasteiger charge is 2.13. The average Bonchev–Trinajstić information content (AvgIpc) is 2.79. The first kappa shape index (κ1) is 30.3. The number of carbonyl (C=O) groups is 1. The Morgan fingerprint density at radius 1 is 1.06 bits per heavy atom. The number of carbonyl (C=O) groups excluding carboxylic acids is 1. The van der Waals surface area contributed by atoms with E-state index in [1.807, 2.05) is 14.0 Å². The van der Waals surface area contributed by atoms with Crippen molar-refractivity contribution in [3.8, 4) is 0 Å². The molecule has 2 rings (SSSR count). The largest absolute Gasteiger partial charge is 0.450 e. The molecule has 0 aliphatic carbocycles. The molecule has 2 aromatic carbocycles. The standard InChI is InChI=1S/C20H32N2O2.C11H16/c1-7-24-20(23)22(6)13-12-17(10-8-15(2)3)18-14-16(4)9-11-19(18)21-5;1-9-5-7-10(8-6-9)11(2,3)4/h9-11,14-15,21H,7-8,12-13H2,1-6H3;5-8H,1-4H3/b17-10+;. The Morgan fingerprint density at radius 3 is 2.17 bits per heavy atom. The highest BCUT2D eigenvalue weighted by atomic mass is 16.5. The molecule has 0 saturated heterocycles. The summed E-state index contributed by atoms with van der Waals surface area (Å²) >= 11 is 0. The lowest BCUT2D eigenvalue weighted by atomic mass is 9.87. The molecular formula is C31H48N2O2. The van der Waals surface area contributed by atoms with Gasteiger partial charge in [0.25, 0.3) is 0 Å². The monoisotopic (exact) mass is 480 g/mol. The summed E-state index contributed by atoms with van der Waals surface area (Å²) in [4.78, 5) is 13.4. The Bertz CT molecular complexity index is 937. The van der Waals surface area contributed by atoms with E-state index in [2.05, 4.69) is 102 Å². The minimum absolute atomic E-state index is 0.265. The molecule has 4 nitrogen and oxygen atoms in total. The van der Waals surface area contributed by atoms with Gasteiger partial charge in [0.2, 0.25) is 0 Å². The third-order valence-electron chi connectivity index (χ3n) is 5.84. The van der Waals surface area contributed by atoms with Gasteiger partial charge in [-0.3, -0.25) is 0 Å². The van der Waals surface area contributed by atoms with Gasteiger partial charge < -0.3 is 15.0 Å². The van der Waals surface area contributed by atoms with Crippen molar-refractivity contribution in [2.45, 2.75) is 73.6 Å². The number of nitrogens with zero attached hydrogens (tertiary/aromatic N) is 1. The lowest BCUT2D eigenvalue weighted by Gasteiger charge is -2.19. The first-order valence-electron chi connectivity index (χ1n) is 12.8. The highest BCUT2D eigenvalue weighted by molar-refractivity contribution is 5.77. The maximum Gasteiger partial charge on any atom is 0.409 e. The van der Waals surface area contributed by atoms with Gasteiger partial charge in [-0.1, -0.05) is 82.2 Å². The molecule has 0 heterocycles. The van der Waals surface area contributed by atoms with Crippen molar-refractivity contribution in [2.24, 2.45) is 5.92 Å². The number of anilines is 1. The van der Waals surface area contributed by atoms with E-state index in [9.17, 15) is 4.79 Å². The molecule has 0 radical (unpaired) electrons. The van der Waals surface area contributed by atoms with E-state index in [1.165, 1.54) is 27.8 Å². The van der Waals surface area contributed by atoms with Crippen LogP contribution in [-0.4, -0.2) is 38.2 Å². The van der Waals surface area contributed by atoms with E-state index < -0.39 is 0 Å². The van der Waals surface area contributed by atoms with Gasteiger partial charge in [0.15, 0.2) is 0 Å². The van der Waals surface area contributed by atoms with Crippen molar-refractivity contribution in [3.05, 3.63) is 70.8 Å². The molecule has 0 fully saturated rings. The van der Waals surface area contributed by atoms with E-state index >= 15 is 0 Å². The minimum Gasteiger partial charge on any atom is -0.450 e. The van der Waals surface area contributed by atoms with E-state index in [4.69, 9.17) is 4.74 Å². The molecule has 1 N–H and O–H groups in total. The van der Waals surface area contributed by atoms with Crippen LogP contribution in [0.1, 0.15) is 76.6 Å². The quantitative estimate of drug-likeness (QED) is 0.413. The number of rotatable bonds is 8. The summed E-state index contributed by atoms with van der Waals surface area (Å²) in [5, 5.41) is 3.28. The molecule has 2 aromatic rings. The molecule has 0 atom stereocenters. The van der Waals surface area contributed by atoms with E-state index in [0.717, 1.165) is 18.5 Å². The number of ether oxygens (including phenoxy) is 1. The van der Waals surface area contributed by atoms with Crippen LogP contribution >= 0.6 is 0 Å². The van der Waals surface area contributed by atoms with Crippen LogP contribution in [0.4, 0.5) is 10.5 Å². The second-order valence-electron chi connectivity index (χ2n) is 10.6. The van der Waals surface area contributed by atoms with Gasteiger partial charge in [0.05, 0.1) is 6.61 Å². The van der Waals surface area contributed by atoms with Crippen LogP contribution in [0.5, 0.6) is 0 Å². The molecule has 0 saturated carbocycles. The van der Waals surface area contributed by atoms with Gasteiger partial charge >= 0.3 is 6.09 Å². The smallest absolute Gasteiger partial charge is 0.409 e. The summed E-state index contributed by atoms with van der Waals surface area (Å²) < 4.78 is 5.06. The summed E-state index contributed by atoms with van der Waals surface area (Å²) in [7, 11) is 3.73. The van der Waals surface area contributed by atoms with Crippen LogP contribution < -0.4 is 5.32 Å². The predicted molar refractivity (Wildman–Crippen MR) is 152 cm³/mol. The summed E-state index contributed by atoms with van der Waals surface area (Å²) in [6.07, 6.45) is 3.87. The van der Waals surface area contributed by atoms with Gasteiger partial charge in [0.1, 0.15) is 0 Å². The first-order valence-corrected chi connectivity index (χ1v) is 12.8. The Kier molecular flexibility index (Phi) is 12.6. The van der Waals surface area contributed by atoms with Crippen LogP contribution in [0, 0.1) is 19.8 Å². The average molecular weight is 481 g/mol. The molecular weight excluding hydrogens is 432 g/mol. The van der Waals surface area contributed by atoms with E-state index in [1.54, 1.807) is 11.9 Å². The molecule has 0 aromatic heterocycles.